The van der Waals surface area contributed by atoms with Gasteiger partial charge in [-0.2, -0.15) is 0 Å². The smallest absolute Gasteiger partial charge is 0.286 e. The molecule has 1 unspecified atom stereocenters. The van der Waals surface area contributed by atoms with Crippen LogP contribution >= 0.6 is 11.6 Å². The molecule has 2 aromatic carbocycles. The van der Waals surface area contributed by atoms with Gasteiger partial charge in [0.15, 0.2) is 0 Å². The largest absolute Gasteiger partial charge is 0.490 e. The molecule has 1 aromatic heterocycles. The second-order valence-electron chi connectivity index (χ2n) is 16.9. The molecule has 288 valence electrons. The lowest BCUT2D eigenvalue weighted by atomic mass is 9.68. The van der Waals surface area contributed by atoms with Crippen molar-refractivity contribution < 1.29 is 28.4 Å². The minimum Gasteiger partial charge on any atom is -0.490 e. The molecule has 10 nitrogen and oxygen atoms in total. The zero-order chi connectivity index (χ0) is 38.0. The van der Waals surface area contributed by atoms with Crippen molar-refractivity contribution in [1.82, 2.24) is 9.29 Å². The molecule has 2 bridgehead atoms. The number of allylic oxidation sites excluding steroid dienone is 1. The quantitative estimate of drug-likeness (QED) is 0.263. The SMILES string of the molecule is C[C@@H]1[C@@H](C)C/C=C\[C@H](O)[C@@H]2CC[C@H]2CN2C[C@@]3(CCCc4cc(Cl)ccc43)COc3ccc(cc32)C(=O)N=S1(=O)NC(=O)c1cc2n(c1)CC(C)(C)OC2. The third kappa shape index (κ3) is 7.01. The van der Waals surface area contributed by atoms with Gasteiger partial charge >= 0.3 is 0 Å². The van der Waals surface area contributed by atoms with Crippen LogP contribution in [0.25, 0.3) is 0 Å². The fourth-order valence-corrected chi connectivity index (χ4v) is 11.2. The minimum atomic E-state index is -3.65. The fourth-order valence-electron chi connectivity index (χ4n) is 9.12. The number of aromatic nitrogens is 1. The van der Waals surface area contributed by atoms with E-state index in [2.05, 4.69) is 26.1 Å². The van der Waals surface area contributed by atoms with Crippen LogP contribution in [0.1, 0.15) is 97.3 Å². The number of benzene rings is 2. The summed E-state index contributed by atoms with van der Waals surface area (Å²) in [6.45, 7) is 10.5. The number of hydrogen-bond donors (Lipinski definition) is 2. The molecule has 5 aliphatic rings. The number of aryl methyl sites for hydroxylation is 1. The number of carbonyl (C=O) groups is 2. The number of halogens is 1. The summed E-state index contributed by atoms with van der Waals surface area (Å²) in [7, 11) is -3.65. The highest BCUT2D eigenvalue weighted by atomic mass is 35.5. The van der Waals surface area contributed by atoms with E-state index in [1.165, 1.54) is 11.1 Å². The lowest BCUT2D eigenvalue weighted by Crippen LogP contribution is -2.49. The van der Waals surface area contributed by atoms with Crippen molar-refractivity contribution in [3.63, 3.8) is 0 Å². The van der Waals surface area contributed by atoms with Crippen LogP contribution in [0.5, 0.6) is 5.75 Å². The van der Waals surface area contributed by atoms with Gasteiger partial charge in [0.1, 0.15) is 15.7 Å². The number of nitrogens with zero attached hydrogens (tertiary/aromatic N) is 3. The number of nitrogens with one attached hydrogen (secondary N) is 1. The summed E-state index contributed by atoms with van der Waals surface area (Å²) in [6.07, 6.45) is 10.3. The van der Waals surface area contributed by atoms with Gasteiger partial charge in [0.05, 0.1) is 48.0 Å². The number of ether oxygens (including phenoxy) is 2. The van der Waals surface area contributed by atoms with Crippen molar-refractivity contribution in [2.75, 3.05) is 24.6 Å². The molecule has 3 aliphatic heterocycles. The van der Waals surface area contributed by atoms with Crippen LogP contribution in [-0.2, 0) is 39.6 Å². The summed E-state index contributed by atoms with van der Waals surface area (Å²) >= 11 is 6.46. The van der Waals surface area contributed by atoms with E-state index in [9.17, 15) is 18.9 Å². The van der Waals surface area contributed by atoms with Crippen molar-refractivity contribution in [1.29, 1.82) is 0 Å². The molecule has 3 aromatic rings. The van der Waals surface area contributed by atoms with Crippen LogP contribution in [0.4, 0.5) is 5.69 Å². The molecule has 1 spiro atoms. The van der Waals surface area contributed by atoms with E-state index in [0.717, 1.165) is 48.5 Å². The highest BCUT2D eigenvalue weighted by Gasteiger charge is 2.44. The zero-order valence-electron chi connectivity index (χ0n) is 31.6. The average molecular weight is 775 g/mol. The van der Waals surface area contributed by atoms with Crippen LogP contribution in [0, 0.1) is 17.8 Å². The monoisotopic (exact) mass is 774 g/mol. The van der Waals surface area contributed by atoms with Gasteiger partial charge < -0.3 is 24.0 Å². The molecule has 1 fully saturated rings. The number of aliphatic hydroxyl groups excluding tert-OH is 1. The molecular formula is C42H51ClN4O6S. The van der Waals surface area contributed by atoms with Crippen molar-refractivity contribution >= 4 is 39.0 Å². The lowest BCUT2D eigenvalue weighted by molar-refractivity contribution is -0.0625. The molecule has 2 amide bonds. The number of hydrogen-bond acceptors (Lipinski definition) is 7. The topological polar surface area (TPSA) is 122 Å². The van der Waals surface area contributed by atoms with Gasteiger partial charge in [0.25, 0.3) is 11.8 Å². The molecule has 2 N–H and O–H groups in total. The Balaban J connectivity index is 1.18. The molecule has 0 radical (unpaired) electrons. The Labute approximate surface area is 323 Å². The predicted molar refractivity (Wildman–Crippen MR) is 210 cm³/mol. The van der Waals surface area contributed by atoms with Gasteiger partial charge in [-0.05, 0) is 125 Å². The summed E-state index contributed by atoms with van der Waals surface area (Å²) in [6, 6.07) is 13.2. The number of carbonyl (C=O) groups excluding carboxylic acids is 2. The number of rotatable bonds is 2. The minimum absolute atomic E-state index is 0.0930. The van der Waals surface area contributed by atoms with Crippen molar-refractivity contribution in [3.8, 4) is 5.75 Å². The highest BCUT2D eigenvalue weighted by molar-refractivity contribution is 7.93. The second-order valence-corrected chi connectivity index (χ2v) is 19.6. The van der Waals surface area contributed by atoms with Crippen LogP contribution in [0.15, 0.2) is 65.2 Å². The van der Waals surface area contributed by atoms with Gasteiger partial charge in [-0.15, -0.1) is 4.36 Å². The zero-order valence-corrected chi connectivity index (χ0v) is 33.1. The normalized spacial score (nSPS) is 32.4. The maximum atomic E-state index is 15.0. The molecule has 1 saturated carbocycles. The van der Waals surface area contributed by atoms with E-state index in [1.54, 1.807) is 31.3 Å². The first-order valence-electron chi connectivity index (χ1n) is 19.3. The standard InChI is InChI=1S/C42H51ClN4O6S/c1-26-7-5-9-37(48)34-13-10-30(34)20-47-24-42(16-6-8-28-17-32(43)12-14-35(28)42)25-52-38-15-11-29(19-36(38)47)39(49)44-54(51,27(26)2)45-40(50)31-18-33-22-53-41(3,4)23-46(33)21-31/h5,9,11-12,14-15,17-19,21,26-27,30,34,37,48H,6-8,10,13,16,20,22-25H2,1-4H3,(H,44,45,49,50,51)/b9-5-/t26-,27+,30-,34+,37-,42-,54?/m0/s1. The van der Waals surface area contributed by atoms with Gasteiger partial charge in [-0.25, -0.2) is 4.21 Å². The van der Waals surface area contributed by atoms with Crippen LogP contribution < -0.4 is 14.4 Å². The van der Waals surface area contributed by atoms with Gasteiger partial charge in [-0.1, -0.05) is 36.7 Å². The second kappa shape index (κ2) is 14.1. The molecule has 7 atom stereocenters. The lowest BCUT2D eigenvalue weighted by Gasteiger charge is -2.45. The maximum Gasteiger partial charge on any atom is 0.286 e. The summed E-state index contributed by atoms with van der Waals surface area (Å²) in [5.41, 5.74) is 4.03. The summed E-state index contributed by atoms with van der Waals surface area (Å²) in [5, 5.41) is 11.5. The average Bonchev–Trinajstić information content (AvgIpc) is 3.47. The van der Waals surface area contributed by atoms with Gasteiger partial charge in [0, 0.05) is 41.0 Å². The number of aliphatic hydroxyl groups is 1. The molecule has 8 rings (SSSR count). The maximum absolute atomic E-state index is 15.0. The molecular weight excluding hydrogens is 724 g/mol. The van der Waals surface area contributed by atoms with Crippen LogP contribution in [-0.4, -0.2) is 62.3 Å². The van der Waals surface area contributed by atoms with Gasteiger partial charge in [0.2, 0.25) is 0 Å². The Morgan fingerprint density at radius 3 is 2.74 bits per heavy atom. The summed E-state index contributed by atoms with van der Waals surface area (Å²) in [4.78, 5) is 30.4. The molecule has 12 heteroatoms. The van der Waals surface area contributed by atoms with E-state index in [-0.39, 0.29) is 34.3 Å². The third-order valence-electron chi connectivity index (χ3n) is 12.7. The first-order valence-corrected chi connectivity index (χ1v) is 21.3. The molecule has 0 saturated heterocycles. The Morgan fingerprint density at radius 1 is 1.11 bits per heavy atom. The van der Waals surface area contributed by atoms with E-state index in [1.807, 2.05) is 49.6 Å². The highest BCUT2D eigenvalue weighted by Crippen LogP contribution is 2.47. The van der Waals surface area contributed by atoms with E-state index >= 15 is 0 Å². The summed E-state index contributed by atoms with van der Waals surface area (Å²) in [5.74, 6) is -0.448. The van der Waals surface area contributed by atoms with E-state index in [0.29, 0.717) is 50.6 Å². The van der Waals surface area contributed by atoms with E-state index in [4.69, 9.17) is 21.1 Å². The Hall–Kier alpha value is -3.64. The number of fused-ring (bicyclic) bond motifs is 5. The van der Waals surface area contributed by atoms with Crippen molar-refractivity contribution in [3.05, 3.63) is 93.8 Å². The number of anilines is 1. The molecule has 4 heterocycles. The molecule has 54 heavy (non-hydrogen) atoms. The van der Waals surface area contributed by atoms with Crippen molar-refractivity contribution in [2.45, 2.75) is 102 Å². The Bertz CT molecular complexity index is 2140. The number of amides is 2. The summed E-state index contributed by atoms with van der Waals surface area (Å²) < 4.78 is 36.7. The molecule has 2 aliphatic carbocycles. The third-order valence-corrected chi connectivity index (χ3v) is 15.3. The predicted octanol–water partition coefficient (Wildman–Crippen LogP) is 7.25. The van der Waals surface area contributed by atoms with Crippen molar-refractivity contribution in [2.24, 2.45) is 22.1 Å². The van der Waals surface area contributed by atoms with Crippen LogP contribution in [0.3, 0.4) is 0 Å². The Morgan fingerprint density at radius 2 is 1.94 bits per heavy atom. The van der Waals surface area contributed by atoms with Gasteiger partial charge in [-0.3, -0.25) is 14.3 Å². The fraction of sp³-hybridized carbons (Fsp3) is 0.524. The first kappa shape index (κ1) is 37.3. The Kier molecular flexibility index (Phi) is 9.76. The first-order chi connectivity index (χ1) is 25.7. The van der Waals surface area contributed by atoms with E-state index < -0.39 is 33.1 Å². The van der Waals surface area contributed by atoms with Crippen LogP contribution in [0.2, 0.25) is 5.02 Å².